The van der Waals surface area contributed by atoms with Crippen LogP contribution in [0.25, 0.3) is 0 Å². The molecule has 98 valence electrons. The number of hydrogen-bond donors (Lipinski definition) is 1. The van der Waals surface area contributed by atoms with Crippen molar-refractivity contribution in [2.45, 2.75) is 19.4 Å². The molecular formula is C13H19N3OS. The summed E-state index contributed by atoms with van der Waals surface area (Å²) in [4.78, 5) is 4.34. The number of anilines is 1. The van der Waals surface area contributed by atoms with Crippen LogP contribution in [0.2, 0.25) is 0 Å². The highest BCUT2D eigenvalue weighted by Gasteiger charge is 2.10. The minimum Gasteiger partial charge on any atom is -0.383 e. The lowest BCUT2D eigenvalue weighted by molar-refractivity contribution is 0.210. The van der Waals surface area contributed by atoms with Crippen molar-refractivity contribution in [3.63, 3.8) is 0 Å². The normalized spacial score (nSPS) is 12.6. The van der Waals surface area contributed by atoms with Crippen LogP contribution in [0.5, 0.6) is 0 Å². The van der Waals surface area contributed by atoms with Gasteiger partial charge >= 0.3 is 0 Å². The Balaban J connectivity index is 1.97. The van der Waals surface area contributed by atoms with Crippen molar-refractivity contribution in [2.24, 2.45) is 0 Å². The Hall–Kier alpha value is -1.33. The third-order valence-corrected chi connectivity index (χ3v) is 3.58. The van der Waals surface area contributed by atoms with Gasteiger partial charge in [0.05, 0.1) is 6.61 Å². The molecule has 0 aliphatic rings. The first kappa shape index (κ1) is 13.1. The molecule has 0 aliphatic carbocycles. The van der Waals surface area contributed by atoms with E-state index >= 15 is 0 Å². The number of hydrogen-bond acceptors (Lipinski definition) is 4. The van der Waals surface area contributed by atoms with E-state index in [2.05, 4.69) is 38.6 Å². The van der Waals surface area contributed by atoms with Crippen LogP contribution in [-0.2, 0) is 11.2 Å². The van der Waals surface area contributed by atoms with E-state index in [1.54, 1.807) is 18.4 Å². The second-order valence-electron chi connectivity index (χ2n) is 4.26. The maximum Gasteiger partial charge on any atom is 0.203 e. The number of methoxy groups -OCH3 is 1. The zero-order valence-corrected chi connectivity index (χ0v) is 11.6. The van der Waals surface area contributed by atoms with E-state index in [4.69, 9.17) is 4.74 Å². The van der Waals surface area contributed by atoms with E-state index < -0.39 is 0 Å². The van der Waals surface area contributed by atoms with E-state index in [9.17, 15) is 0 Å². The summed E-state index contributed by atoms with van der Waals surface area (Å²) in [5.74, 6) is 0.912. The van der Waals surface area contributed by atoms with Gasteiger partial charge in [0.1, 0.15) is 0 Å². The van der Waals surface area contributed by atoms with Gasteiger partial charge in [0.2, 0.25) is 5.95 Å². The van der Waals surface area contributed by atoms with E-state index in [1.165, 1.54) is 5.56 Å². The maximum absolute atomic E-state index is 5.03. The molecule has 2 aromatic rings. The highest BCUT2D eigenvalue weighted by molar-refractivity contribution is 7.07. The minimum atomic E-state index is 0.396. The first-order chi connectivity index (χ1) is 8.81. The Morgan fingerprint density at radius 3 is 3.17 bits per heavy atom. The molecule has 2 heterocycles. The lowest BCUT2D eigenvalue weighted by atomic mass is 10.1. The number of nitrogens with one attached hydrogen (secondary N) is 1. The smallest absolute Gasteiger partial charge is 0.203 e. The molecule has 1 unspecified atom stereocenters. The van der Waals surface area contributed by atoms with E-state index in [-0.39, 0.29) is 0 Å². The highest BCUT2D eigenvalue weighted by atomic mass is 32.1. The van der Waals surface area contributed by atoms with Gasteiger partial charge in [0, 0.05) is 32.1 Å². The summed E-state index contributed by atoms with van der Waals surface area (Å²) >= 11 is 1.74. The molecule has 1 N–H and O–H groups in total. The van der Waals surface area contributed by atoms with Crippen molar-refractivity contribution in [1.82, 2.24) is 9.55 Å². The molecule has 4 nitrogen and oxygen atoms in total. The number of thiophene rings is 1. The Kier molecular flexibility index (Phi) is 4.78. The van der Waals surface area contributed by atoms with E-state index in [1.807, 2.05) is 12.4 Å². The predicted molar refractivity (Wildman–Crippen MR) is 75.3 cm³/mol. The first-order valence-electron chi connectivity index (χ1n) is 6.08. The lowest BCUT2D eigenvalue weighted by Gasteiger charge is -2.16. The third-order valence-electron chi connectivity index (χ3n) is 2.84. The quantitative estimate of drug-likeness (QED) is 0.782. The summed E-state index contributed by atoms with van der Waals surface area (Å²) in [5, 5.41) is 7.60. The fourth-order valence-electron chi connectivity index (χ4n) is 1.92. The van der Waals surface area contributed by atoms with Crippen LogP contribution in [0.4, 0.5) is 5.95 Å². The molecule has 0 fully saturated rings. The highest BCUT2D eigenvalue weighted by Crippen LogP contribution is 2.19. The van der Waals surface area contributed by atoms with Gasteiger partial charge in [-0.2, -0.15) is 11.3 Å². The SMILES string of the molecule is COCCNc1nccn1C(C)Cc1ccsc1. The molecule has 0 aromatic carbocycles. The Morgan fingerprint density at radius 1 is 1.56 bits per heavy atom. The average Bonchev–Trinajstić information content (AvgIpc) is 3.00. The second kappa shape index (κ2) is 6.56. The zero-order chi connectivity index (χ0) is 12.8. The number of nitrogens with zero attached hydrogens (tertiary/aromatic N) is 2. The fourth-order valence-corrected chi connectivity index (χ4v) is 2.60. The molecule has 1 atom stereocenters. The molecule has 2 rings (SSSR count). The predicted octanol–water partition coefficient (Wildman–Crippen LogP) is 2.81. The summed E-state index contributed by atoms with van der Waals surface area (Å²) in [7, 11) is 1.70. The van der Waals surface area contributed by atoms with Gasteiger partial charge in [0.25, 0.3) is 0 Å². The first-order valence-corrected chi connectivity index (χ1v) is 7.02. The van der Waals surface area contributed by atoms with Crippen LogP contribution in [0.3, 0.4) is 0 Å². The molecule has 0 saturated heterocycles. The number of rotatable bonds is 7. The van der Waals surface area contributed by atoms with Crippen LogP contribution in [0.15, 0.2) is 29.2 Å². The maximum atomic E-state index is 5.03. The van der Waals surface area contributed by atoms with Crippen LogP contribution in [0.1, 0.15) is 18.5 Å². The van der Waals surface area contributed by atoms with Crippen molar-refractivity contribution in [1.29, 1.82) is 0 Å². The average molecular weight is 265 g/mol. The summed E-state index contributed by atoms with van der Waals surface area (Å²) in [6.45, 7) is 3.67. The Morgan fingerprint density at radius 2 is 2.44 bits per heavy atom. The molecule has 5 heteroatoms. The molecular weight excluding hydrogens is 246 g/mol. The summed E-state index contributed by atoms with van der Waals surface area (Å²) < 4.78 is 7.20. The third kappa shape index (κ3) is 3.34. The van der Waals surface area contributed by atoms with Crippen molar-refractivity contribution >= 4 is 17.3 Å². The lowest BCUT2D eigenvalue weighted by Crippen LogP contribution is -2.15. The fraction of sp³-hybridized carbons (Fsp3) is 0.462. The Labute approximate surface area is 112 Å². The van der Waals surface area contributed by atoms with Gasteiger partial charge in [-0.3, -0.25) is 0 Å². The molecule has 18 heavy (non-hydrogen) atoms. The van der Waals surface area contributed by atoms with Crippen LogP contribution in [-0.4, -0.2) is 29.8 Å². The minimum absolute atomic E-state index is 0.396. The van der Waals surface area contributed by atoms with Gasteiger partial charge < -0.3 is 14.6 Å². The molecule has 0 spiro atoms. The monoisotopic (exact) mass is 265 g/mol. The molecule has 2 aromatic heterocycles. The second-order valence-corrected chi connectivity index (χ2v) is 5.04. The standard InChI is InChI=1S/C13H19N3OS/c1-11(9-12-3-8-18-10-12)16-6-4-14-13(16)15-5-7-17-2/h3-4,6,8,10-11H,5,7,9H2,1-2H3,(H,14,15). The zero-order valence-electron chi connectivity index (χ0n) is 10.8. The molecule has 0 aliphatic heterocycles. The summed E-state index contributed by atoms with van der Waals surface area (Å²) in [6.07, 6.45) is 4.88. The van der Waals surface area contributed by atoms with Crippen molar-refractivity contribution in [3.8, 4) is 0 Å². The molecule has 0 amide bonds. The van der Waals surface area contributed by atoms with Gasteiger partial charge in [-0.05, 0) is 35.7 Å². The van der Waals surface area contributed by atoms with Crippen molar-refractivity contribution in [3.05, 3.63) is 34.8 Å². The largest absolute Gasteiger partial charge is 0.383 e. The molecule has 0 radical (unpaired) electrons. The van der Waals surface area contributed by atoms with Crippen LogP contribution in [0, 0.1) is 0 Å². The van der Waals surface area contributed by atoms with Crippen LogP contribution < -0.4 is 5.32 Å². The topological polar surface area (TPSA) is 39.1 Å². The summed E-state index contributed by atoms with van der Waals surface area (Å²) in [6, 6.07) is 2.57. The van der Waals surface area contributed by atoms with Gasteiger partial charge in [-0.25, -0.2) is 4.98 Å². The van der Waals surface area contributed by atoms with Gasteiger partial charge in [-0.1, -0.05) is 0 Å². The van der Waals surface area contributed by atoms with Crippen molar-refractivity contribution < 1.29 is 4.74 Å². The van der Waals surface area contributed by atoms with Crippen molar-refractivity contribution in [2.75, 3.05) is 25.6 Å². The van der Waals surface area contributed by atoms with Gasteiger partial charge in [0.15, 0.2) is 0 Å². The Bertz CT molecular complexity index is 453. The number of aromatic nitrogens is 2. The number of ether oxygens (including phenoxy) is 1. The molecule has 0 saturated carbocycles. The summed E-state index contributed by atoms with van der Waals surface area (Å²) in [5.41, 5.74) is 1.38. The van der Waals surface area contributed by atoms with E-state index in [0.717, 1.165) is 18.9 Å². The molecule has 0 bridgehead atoms. The number of imidazole rings is 1. The van der Waals surface area contributed by atoms with Gasteiger partial charge in [-0.15, -0.1) is 0 Å². The van der Waals surface area contributed by atoms with Crippen LogP contribution >= 0.6 is 11.3 Å². The van der Waals surface area contributed by atoms with E-state index in [0.29, 0.717) is 12.6 Å².